The van der Waals surface area contributed by atoms with Crippen LogP contribution in [-0.4, -0.2) is 32.7 Å². The van der Waals surface area contributed by atoms with Crippen molar-refractivity contribution in [3.63, 3.8) is 0 Å². The maximum Gasteiger partial charge on any atom is 0.503 e. The summed E-state index contributed by atoms with van der Waals surface area (Å²) in [5, 5.41) is 27.9. The highest BCUT2D eigenvalue weighted by Crippen LogP contribution is 1.76. The first-order valence-electron chi connectivity index (χ1n) is 3.22. The molecule has 0 aliphatic rings. The number of carboxylic acid groups (broad SMARTS) is 4. The Labute approximate surface area is 92.2 Å². The smallest absolute Gasteiger partial charge is 0.450 e. The molecule has 0 atom stereocenters. The van der Waals surface area contributed by atoms with Gasteiger partial charge < -0.3 is 20.4 Å². The molecule has 0 heterocycles. The summed E-state index contributed by atoms with van der Waals surface area (Å²) in [5.41, 5.74) is 0. The Hall–Kier alpha value is -1.46. The van der Waals surface area contributed by atoms with Gasteiger partial charge in [-0.1, -0.05) is 49.0 Å². The predicted molar refractivity (Wildman–Crippen MR) is 62.1 cm³/mol. The number of hydrogen-bond acceptors (Lipinski definition) is 2. The Morgan fingerprint density at radius 3 is 0.800 bits per heavy atom. The van der Waals surface area contributed by atoms with Gasteiger partial charge in [0.15, 0.2) is 0 Å². The lowest BCUT2D eigenvalue weighted by Crippen LogP contribution is -1.81. The molecule has 0 aliphatic heterocycles. The molecule has 0 saturated heterocycles. The second-order valence-corrected chi connectivity index (χ2v) is 1.57. The third kappa shape index (κ3) is 6580. The molecule has 0 spiro atoms. The molecule has 4 N–H and O–H groups in total. The van der Waals surface area contributed by atoms with Crippen LogP contribution in [0.25, 0.3) is 0 Å². The molecular weight excluding hydrogens is 204 g/mol. The van der Waals surface area contributed by atoms with E-state index in [9.17, 15) is 0 Å². The van der Waals surface area contributed by atoms with Gasteiger partial charge in [0.25, 0.3) is 0 Å². The molecule has 6 heteroatoms. The Balaban J connectivity index is -0.0000000184. The minimum Gasteiger partial charge on any atom is -0.450 e. The fourth-order valence-electron chi connectivity index (χ4n) is 0. The first kappa shape index (κ1) is 37.5. The number of carbonyl (C=O) groups is 2. The SMILES string of the molecule is C.C.C.CCCC.O=C(O)O.O=C(O)O. The summed E-state index contributed by atoms with van der Waals surface area (Å²) in [6.45, 7) is 4.36. The average Bonchev–Trinajstić information content (AvgIpc) is 1.85. The van der Waals surface area contributed by atoms with Gasteiger partial charge in [-0.15, -0.1) is 0 Å². The Kier molecular flexibility index (Phi) is 97.5. The lowest BCUT2D eigenvalue weighted by molar-refractivity contribution is 0.135. The van der Waals surface area contributed by atoms with E-state index < -0.39 is 12.3 Å². The molecule has 98 valence electrons. The Bertz CT molecular complexity index is 91.2. The van der Waals surface area contributed by atoms with Crippen LogP contribution in [0.15, 0.2) is 0 Å². The van der Waals surface area contributed by atoms with E-state index in [1.807, 2.05) is 0 Å². The second-order valence-electron chi connectivity index (χ2n) is 1.57. The Morgan fingerprint density at radius 1 is 0.733 bits per heavy atom. The molecule has 15 heavy (non-hydrogen) atoms. The van der Waals surface area contributed by atoms with Crippen molar-refractivity contribution in [3.8, 4) is 0 Å². The van der Waals surface area contributed by atoms with Crippen LogP contribution in [0, 0.1) is 0 Å². The highest BCUT2D eigenvalue weighted by molar-refractivity contribution is 5.53. The van der Waals surface area contributed by atoms with E-state index in [2.05, 4.69) is 13.8 Å². The molecular formula is C9H26O6. The molecule has 0 saturated carbocycles. The number of unbranched alkanes of at least 4 members (excludes halogenated alkanes) is 1. The van der Waals surface area contributed by atoms with Crippen molar-refractivity contribution in [1.29, 1.82) is 0 Å². The molecule has 0 aromatic rings. The summed E-state index contributed by atoms with van der Waals surface area (Å²) in [5.74, 6) is 0. The van der Waals surface area contributed by atoms with Crippen molar-refractivity contribution < 1.29 is 30.0 Å². The highest BCUT2D eigenvalue weighted by Gasteiger charge is 1.70. The molecule has 0 radical (unpaired) electrons. The van der Waals surface area contributed by atoms with Crippen molar-refractivity contribution in [3.05, 3.63) is 0 Å². The van der Waals surface area contributed by atoms with Crippen LogP contribution in [0.3, 0.4) is 0 Å². The fourth-order valence-corrected chi connectivity index (χ4v) is 0. The highest BCUT2D eigenvalue weighted by atomic mass is 16.6. The summed E-state index contributed by atoms with van der Waals surface area (Å²) in [7, 11) is 0. The zero-order valence-electron chi connectivity index (χ0n) is 7.02. The van der Waals surface area contributed by atoms with Gasteiger partial charge in [0.1, 0.15) is 0 Å². The first-order chi connectivity index (χ1) is 5.38. The third-order valence-electron chi connectivity index (χ3n) is 0.500. The van der Waals surface area contributed by atoms with Gasteiger partial charge in [0.2, 0.25) is 0 Å². The van der Waals surface area contributed by atoms with Crippen LogP contribution in [0.4, 0.5) is 9.59 Å². The van der Waals surface area contributed by atoms with Crippen molar-refractivity contribution in [2.24, 2.45) is 0 Å². The first-order valence-corrected chi connectivity index (χ1v) is 3.22. The number of rotatable bonds is 1. The second kappa shape index (κ2) is 39.0. The van der Waals surface area contributed by atoms with Gasteiger partial charge in [-0.25, -0.2) is 9.59 Å². The predicted octanol–water partition coefficient (Wildman–Crippen LogP) is 4.16. The van der Waals surface area contributed by atoms with Crippen LogP contribution < -0.4 is 0 Å². The molecule has 0 amide bonds. The van der Waals surface area contributed by atoms with Crippen molar-refractivity contribution in [2.45, 2.75) is 49.0 Å². The maximum absolute atomic E-state index is 8.56. The summed E-state index contributed by atoms with van der Waals surface area (Å²) in [6, 6.07) is 0. The number of hydrogen-bond donors (Lipinski definition) is 4. The molecule has 0 aromatic heterocycles. The normalized spacial score (nSPS) is 5.20. The monoisotopic (exact) mass is 230 g/mol. The molecule has 6 nitrogen and oxygen atoms in total. The zero-order valence-corrected chi connectivity index (χ0v) is 7.02. The van der Waals surface area contributed by atoms with Crippen LogP contribution in [0.2, 0.25) is 0 Å². The lowest BCUT2D eigenvalue weighted by Gasteiger charge is -1.68. The maximum atomic E-state index is 8.56. The van der Waals surface area contributed by atoms with E-state index in [4.69, 9.17) is 30.0 Å². The summed E-state index contributed by atoms with van der Waals surface area (Å²) in [4.78, 5) is 17.1. The van der Waals surface area contributed by atoms with Gasteiger partial charge in [-0.3, -0.25) is 0 Å². The molecule has 0 aromatic carbocycles. The van der Waals surface area contributed by atoms with Crippen molar-refractivity contribution in [1.82, 2.24) is 0 Å². The standard InChI is InChI=1S/C4H10.2CH2O3.3CH4/c1-3-4-2;2*2-1(3)4;;;/h3-4H2,1-2H3;2*(H2,2,3,4);3*1H4. The van der Waals surface area contributed by atoms with Gasteiger partial charge in [-0.05, 0) is 0 Å². The van der Waals surface area contributed by atoms with Crippen molar-refractivity contribution >= 4 is 12.3 Å². The topological polar surface area (TPSA) is 115 Å². The lowest BCUT2D eigenvalue weighted by atomic mass is 10.4. The van der Waals surface area contributed by atoms with E-state index in [0.717, 1.165) is 0 Å². The van der Waals surface area contributed by atoms with Crippen LogP contribution in [0.5, 0.6) is 0 Å². The van der Waals surface area contributed by atoms with Gasteiger partial charge in [-0.2, -0.15) is 0 Å². The molecule has 0 aliphatic carbocycles. The average molecular weight is 230 g/mol. The molecule has 0 unspecified atom stereocenters. The van der Waals surface area contributed by atoms with Crippen molar-refractivity contribution in [2.75, 3.05) is 0 Å². The van der Waals surface area contributed by atoms with Gasteiger partial charge >= 0.3 is 12.3 Å². The summed E-state index contributed by atoms with van der Waals surface area (Å²) >= 11 is 0. The fraction of sp³-hybridized carbons (Fsp3) is 0.778. The van der Waals surface area contributed by atoms with E-state index in [1.165, 1.54) is 12.8 Å². The van der Waals surface area contributed by atoms with Gasteiger partial charge in [0.05, 0.1) is 0 Å². The van der Waals surface area contributed by atoms with E-state index in [0.29, 0.717) is 0 Å². The molecule has 0 rings (SSSR count). The zero-order chi connectivity index (χ0) is 10.6. The minimum atomic E-state index is -1.83. The summed E-state index contributed by atoms with van der Waals surface area (Å²) < 4.78 is 0. The molecule has 0 fully saturated rings. The Morgan fingerprint density at radius 2 is 0.800 bits per heavy atom. The summed E-state index contributed by atoms with van der Waals surface area (Å²) in [6.07, 6.45) is -1.03. The van der Waals surface area contributed by atoms with Gasteiger partial charge in [0, 0.05) is 0 Å². The third-order valence-corrected chi connectivity index (χ3v) is 0.500. The quantitative estimate of drug-likeness (QED) is 0.537. The largest absolute Gasteiger partial charge is 0.503 e. The van der Waals surface area contributed by atoms with Crippen LogP contribution in [-0.2, 0) is 0 Å². The molecule has 0 bridgehead atoms. The van der Waals surface area contributed by atoms with E-state index in [-0.39, 0.29) is 22.3 Å². The van der Waals surface area contributed by atoms with Crippen LogP contribution in [0.1, 0.15) is 49.0 Å². The minimum absolute atomic E-state index is 0. The van der Waals surface area contributed by atoms with E-state index >= 15 is 0 Å². The van der Waals surface area contributed by atoms with E-state index in [1.54, 1.807) is 0 Å². The van der Waals surface area contributed by atoms with Crippen LogP contribution >= 0.6 is 0 Å².